The molecule has 0 spiro atoms. The van der Waals surface area contributed by atoms with Gasteiger partial charge in [0.1, 0.15) is 0 Å². The van der Waals surface area contributed by atoms with Crippen molar-refractivity contribution in [2.24, 2.45) is 0 Å². The zero-order valence-electron chi connectivity index (χ0n) is 11.8. The van der Waals surface area contributed by atoms with Crippen LogP contribution in [0.5, 0.6) is 0 Å². The summed E-state index contributed by atoms with van der Waals surface area (Å²) in [4.78, 5) is 0. The van der Waals surface area contributed by atoms with Gasteiger partial charge in [0, 0.05) is 34.1 Å². The van der Waals surface area contributed by atoms with Crippen LogP contribution in [0.4, 0.5) is 0 Å². The van der Waals surface area contributed by atoms with Crippen molar-refractivity contribution in [3.63, 3.8) is 0 Å². The molecule has 118 valence electrons. The quantitative estimate of drug-likeness (QED) is 0.336. The van der Waals surface area contributed by atoms with Gasteiger partial charge in [-0.15, -0.1) is 0 Å². The van der Waals surface area contributed by atoms with E-state index in [1.54, 1.807) is 0 Å². The summed E-state index contributed by atoms with van der Waals surface area (Å²) in [6, 6.07) is 39.2. The van der Waals surface area contributed by atoms with Crippen LogP contribution in [0.2, 0.25) is 0 Å². The van der Waals surface area contributed by atoms with E-state index in [2.05, 4.69) is 24.3 Å². The Bertz CT molecular complexity index is 505. The first-order valence-electron chi connectivity index (χ1n) is 6.41. The van der Waals surface area contributed by atoms with Crippen LogP contribution in [0.1, 0.15) is 0 Å². The third kappa shape index (κ3) is 8.02. The minimum absolute atomic E-state index is 0. The summed E-state index contributed by atoms with van der Waals surface area (Å²) in [7, 11) is 0. The van der Waals surface area contributed by atoms with Crippen molar-refractivity contribution in [1.29, 1.82) is 0 Å². The largest absolute Gasteiger partial charge is 0.901 e. The standard InChI is InChI=1S/C10H4.2C5H5.2Fe/c1-2-6-9(5-1)10-7-3-4-8-10;2*1-2-4-5-3-1;;/h1-2,5-6H;2*1-5H;;/q-6;2*-1;;. The normalized spacial score (nSPS) is 8.18. The Morgan fingerprint density at radius 2 is 1.00 bits per heavy atom. The molecule has 2 heteroatoms. The smallest absolute Gasteiger partial charge is 0 e. The van der Waals surface area contributed by atoms with E-state index in [1.165, 1.54) is 0 Å². The molecular formula is C20H14Fe2-8. The van der Waals surface area contributed by atoms with E-state index in [9.17, 15) is 0 Å². The molecule has 0 aliphatic heterocycles. The van der Waals surface area contributed by atoms with Gasteiger partial charge in [-0.2, -0.15) is 36.4 Å². The third-order valence-electron chi connectivity index (χ3n) is 2.50. The first-order valence-corrected chi connectivity index (χ1v) is 6.41. The zero-order valence-corrected chi connectivity index (χ0v) is 14.0. The summed E-state index contributed by atoms with van der Waals surface area (Å²) in [6.45, 7) is 0. The molecule has 0 aliphatic rings. The van der Waals surface area contributed by atoms with Gasteiger partial charge in [0.25, 0.3) is 0 Å². The second kappa shape index (κ2) is 13.1. The maximum absolute atomic E-state index is 2.90. The molecule has 0 bridgehead atoms. The van der Waals surface area contributed by atoms with Crippen LogP contribution in [-0.2, 0) is 34.1 Å². The van der Waals surface area contributed by atoms with Gasteiger partial charge < -0.3 is 59.7 Å². The summed E-state index contributed by atoms with van der Waals surface area (Å²) < 4.78 is 0. The second-order valence-electron chi connectivity index (χ2n) is 3.97. The van der Waals surface area contributed by atoms with Gasteiger partial charge in [0.05, 0.1) is 0 Å². The van der Waals surface area contributed by atoms with Gasteiger partial charge in [-0.05, 0) is 0 Å². The molecule has 22 heavy (non-hydrogen) atoms. The van der Waals surface area contributed by atoms with Crippen LogP contribution in [0, 0.1) is 24.3 Å². The Morgan fingerprint density at radius 3 is 1.32 bits per heavy atom. The average Bonchev–Trinajstić information content (AvgIpc) is 3.35. The Kier molecular flexibility index (Phi) is 12.2. The van der Waals surface area contributed by atoms with Crippen LogP contribution in [-0.4, -0.2) is 0 Å². The van der Waals surface area contributed by atoms with E-state index in [0.717, 1.165) is 11.1 Å². The Morgan fingerprint density at radius 1 is 0.591 bits per heavy atom. The number of rotatable bonds is 1. The van der Waals surface area contributed by atoms with Gasteiger partial charge in [0.2, 0.25) is 0 Å². The van der Waals surface area contributed by atoms with Crippen molar-refractivity contribution in [3.05, 3.63) is 109 Å². The van der Waals surface area contributed by atoms with Gasteiger partial charge >= 0.3 is 0 Å². The first-order chi connectivity index (χ1) is 9.97. The summed E-state index contributed by atoms with van der Waals surface area (Å²) >= 11 is 0. The predicted octanol–water partition coefficient (Wildman–Crippen LogP) is 4.80. The van der Waals surface area contributed by atoms with Crippen LogP contribution in [0.3, 0.4) is 0 Å². The van der Waals surface area contributed by atoms with Gasteiger partial charge in [0.15, 0.2) is 0 Å². The topological polar surface area (TPSA) is 0 Å². The molecule has 0 atom stereocenters. The molecule has 0 radical (unpaired) electrons. The average molecular weight is 366 g/mol. The van der Waals surface area contributed by atoms with Gasteiger partial charge in [-0.3, -0.25) is 0 Å². The SMILES string of the molecule is [Fe].[Fe].[c-]1[c-][c-][c-](-[c-]2cccc2)[c-]1.c1cc[cH-]c1.c1cc[cH-]c1. The molecule has 0 saturated heterocycles. The summed E-state index contributed by atoms with van der Waals surface area (Å²) in [5, 5.41) is 0. The van der Waals surface area contributed by atoms with E-state index in [-0.39, 0.29) is 34.1 Å². The van der Waals surface area contributed by atoms with Crippen molar-refractivity contribution in [3.8, 4) is 11.1 Å². The monoisotopic (exact) mass is 366 g/mol. The molecule has 4 rings (SSSR count). The fraction of sp³-hybridized carbons (Fsp3) is 0. The minimum atomic E-state index is 0. The molecule has 0 nitrogen and oxygen atoms in total. The molecule has 0 saturated carbocycles. The number of hydrogen-bond donors (Lipinski definition) is 0. The molecule has 0 amide bonds. The van der Waals surface area contributed by atoms with Crippen molar-refractivity contribution < 1.29 is 34.1 Å². The van der Waals surface area contributed by atoms with Crippen molar-refractivity contribution in [1.82, 2.24) is 0 Å². The third-order valence-corrected chi connectivity index (χ3v) is 2.50. The Hall–Kier alpha value is -1.56. The van der Waals surface area contributed by atoms with Gasteiger partial charge in [-0.1, -0.05) is 0 Å². The van der Waals surface area contributed by atoms with E-state index >= 15 is 0 Å². The number of hydrogen-bond acceptors (Lipinski definition) is 0. The van der Waals surface area contributed by atoms with Gasteiger partial charge in [-0.25, -0.2) is 24.3 Å². The van der Waals surface area contributed by atoms with Crippen LogP contribution in [0.15, 0.2) is 84.9 Å². The van der Waals surface area contributed by atoms with Crippen LogP contribution in [0.25, 0.3) is 11.1 Å². The second-order valence-corrected chi connectivity index (χ2v) is 3.97. The van der Waals surface area contributed by atoms with E-state index in [4.69, 9.17) is 0 Å². The molecule has 0 N–H and O–H groups in total. The molecule has 4 aromatic carbocycles. The summed E-state index contributed by atoms with van der Waals surface area (Å²) in [5.41, 5.74) is 2.09. The van der Waals surface area contributed by atoms with Crippen molar-refractivity contribution in [2.75, 3.05) is 0 Å². The predicted molar refractivity (Wildman–Crippen MR) is 82.5 cm³/mol. The van der Waals surface area contributed by atoms with Crippen LogP contribution >= 0.6 is 0 Å². The molecule has 0 aromatic heterocycles. The maximum atomic E-state index is 2.90. The van der Waals surface area contributed by atoms with E-state index in [1.807, 2.05) is 84.9 Å². The molecule has 0 heterocycles. The first kappa shape index (κ1) is 20.4. The maximum Gasteiger partial charge on any atom is 0 e. The Labute approximate surface area is 154 Å². The molecule has 4 aromatic rings. The summed E-state index contributed by atoms with van der Waals surface area (Å²) in [5.74, 6) is 0. The van der Waals surface area contributed by atoms with Crippen LogP contribution < -0.4 is 0 Å². The van der Waals surface area contributed by atoms with Crippen molar-refractivity contribution in [2.45, 2.75) is 0 Å². The summed E-state index contributed by atoms with van der Waals surface area (Å²) in [6.07, 6.45) is 0. The molecular weight excluding hydrogens is 352 g/mol. The Balaban J connectivity index is 0.000000316. The molecule has 0 unspecified atom stereocenters. The molecule has 0 fully saturated rings. The fourth-order valence-electron chi connectivity index (χ4n) is 1.55. The zero-order chi connectivity index (χ0) is 13.9. The fourth-order valence-corrected chi connectivity index (χ4v) is 1.55. The van der Waals surface area contributed by atoms with E-state index < -0.39 is 0 Å². The minimum Gasteiger partial charge on any atom is -0.901 e. The molecule has 0 aliphatic carbocycles. The van der Waals surface area contributed by atoms with Crippen molar-refractivity contribution >= 4 is 0 Å². The van der Waals surface area contributed by atoms with E-state index in [0.29, 0.717) is 0 Å².